The van der Waals surface area contributed by atoms with E-state index in [1.54, 1.807) is 31.2 Å². The Hall–Kier alpha value is -1.38. The van der Waals surface area contributed by atoms with E-state index in [4.69, 9.17) is 5.26 Å². The van der Waals surface area contributed by atoms with Gasteiger partial charge in [-0.1, -0.05) is 19.1 Å². The SMILES string of the molecule is CCc1ccc(S(=O)(=O)N[C@@H](C)CC#N)cc1. The van der Waals surface area contributed by atoms with E-state index in [0.29, 0.717) is 0 Å². The lowest BCUT2D eigenvalue weighted by Crippen LogP contribution is -2.32. The van der Waals surface area contributed by atoms with Crippen LogP contribution in [0.25, 0.3) is 0 Å². The molecule has 0 radical (unpaired) electrons. The zero-order valence-corrected chi connectivity index (χ0v) is 10.8. The van der Waals surface area contributed by atoms with Crippen molar-refractivity contribution in [1.82, 2.24) is 4.72 Å². The third-order valence-corrected chi connectivity index (χ3v) is 4.00. The van der Waals surface area contributed by atoms with Gasteiger partial charge in [-0.15, -0.1) is 0 Å². The molecule has 1 rings (SSSR count). The van der Waals surface area contributed by atoms with E-state index in [0.717, 1.165) is 12.0 Å². The molecular formula is C12H16N2O2S. The molecule has 5 heteroatoms. The molecule has 4 nitrogen and oxygen atoms in total. The van der Waals surface area contributed by atoms with E-state index in [9.17, 15) is 8.42 Å². The number of benzene rings is 1. The lowest BCUT2D eigenvalue weighted by atomic mass is 10.2. The van der Waals surface area contributed by atoms with Gasteiger partial charge in [-0.2, -0.15) is 5.26 Å². The number of nitriles is 1. The van der Waals surface area contributed by atoms with Gasteiger partial charge in [0.1, 0.15) is 0 Å². The molecule has 1 N–H and O–H groups in total. The molecule has 0 spiro atoms. The van der Waals surface area contributed by atoms with E-state index < -0.39 is 10.0 Å². The molecular weight excluding hydrogens is 236 g/mol. The molecule has 0 aliphatic carbocycles. The first-order valence-corrected chi connectivity index (χ1v) is 6.96. The number of rotatable bonds is 5. The van der Waals surface area contributed by atoms with Crippen LogP contribution in [0.4, 0.5) is 0 Å². The summed E-state index contributed by atoms with van der Waals surface area (Å²) in [6.07, 6.45) is 1.03. The minimum absolute atomic E-state index is 0.159. The molecule has 1 atom stereocenters. The van der Waals surface area contributed by atoms with Gasteiger partial charge in [0.05, 0.1) is 17.4 Å². The van der Waals surface area contributed by atoms with E-state index in [-0.39, 0.29) is 17.4 Å². The van der Waals surface area contributed by atoms with Crippen molar-refractivity contribution in [2.24, 2.45) is 0 Å². The predicted octanol–water partition coefficient (Wildman–Crippen LogP) is 1.83. The minimum atomic E-state index is -3.51. The van der Waals surface area contributed by atoms with Crippen LogP contribution in [0.1, 0.15) is 25.8 Å². The maximum Gasteiger partial charge on any atom is 0.240 e. The Labute approximate surface area is 102 Å². The van der Waals surface area contributed by atoms with Crippen molar-refractivity contribution in [3.63, 3.8) is 0 Å². The second kappa shape index (κ2) is 5.80. The van der Waals surface area contributed by atoms with Gasteiger partial charge < -0.3 is 0 Å². The molecule has 0 aliphatic heterocycles. The average Bonchev–Trinajstić information content (AvgIpc) is 2.28. The second-order valence-corrected chi connectivity index (χ2v) is 5.60. The van der Waals surface area contributed by atoms with Gasteiger partial charge >= 0.3 is 0 Å². The summed E-state index contributed by atoms with van der Waals surface area (Å²) in [6, 6.07) is 8.31. The third kappa shape index (κ3) is 3.84. The summed E-state index contributed by atoms with van der Waals surface area (Å²) >= 11 is 0. The van der Waals surface area contributed by atoms with E-state index >= 15 is 0 Å². The molecule has 1 aromatic carbocycles. The topological polar surface area (TPSA) is 70.0 Å². The van der Waals surface area contributed by atoms with Crippen LogP contribution in [0.2, 0.25) is 0 Å². The second-order valence-electron chi connectivity index (χ2n) is 3.88. The lowest BCUT2D eigenvalue weighted by molar-refractivity contribution is 0.563. The van der Waals surface area contributed by atoms with Crippen molar-refractivity contribution in [1.29, 1.82) is 5.26 Å². The molecule has 92 valence electrons. The van der Waals surface area contributed by atoms with Crippen LogP contribution in [-0.2, 0) is 16.4 Å². The highest BCUT2D eigenvalue weighted by atomic mass is 32.2. The molecule has 17 heavy (non-hydrogen) atoms. The standard InChI is InChI=1S/C12H16N2O2S/c1-3-11-4-6-12(7-5-11)17(15,16)14-10(2)8-9-13/h4-7,10,14H,3,8H2,1-2H3/t10-/m0/s1. The monoisotopic (exact) mass is 252 g/mol. The van der Waals surface area contributed by atoms with Crippen molar-refractivity contribution in [3.8, 4) is 6.07 Å². The van der Waals surface area contributed by atoms with Crippen LogP contribution in [-0.4, -0.2) is 14.5 Å². The zero-order valence-electron chi connectivity index (χ0n) is 9.97. The van der Waals surface area contributed by atoms with Gasteiger partial charge in [0.15, 0.2) is 0 Å². The van der Waals surface area contributed by atoms with Crippen molar-refractivity contribution >= 4 is 10.0 Å². The minimum Gasteiger partial charge on any atom is -0.207 e. The van der Waals surface area contributed by atoms with Crippen LogP contribution >= 0.6 is 0 Å². The van der Waals surface area contributed by atoms with Crippen molar-refractivity contribution in [2.45, 2.75) is 37.6 Å². The largest absolute Gasteiger partial charge is 0.240 e. The Bertz CT molecular complexity index is 500. The summed E-state index contributed by atoms with van der Waals surface area (Å²) in [4.78, 5) is 0.236. The third-order valence-electron chi connectivity index (χ3n) is 2.40. The number of nitrogens with one attached hydrogen (secondary N) is 1. The molecule has 0 unspecified atom stereocenters. The van der Waals surface area contributed by atoms with Crippen molar-refractivity contribution in [3.05, 3.63) is 29.8 Å². The number of nitrogens with zero attached hydrogens (tertiary/aromatic N) is 1. The van der Waals surface area contributed by atoms with Crippen LogP contribution in [0, 0.1) is 11.3 Å². The number of sulfonamides is 1. The van der Waals surface area contributed by atoms with E-state index in [2.05, 4.69) is 4.72 Å². The van der Waals surface area contributed by atoms with Crippen LogP contribution in [0.3, 0.4) is 0 Å². The van der Waals surface area contributed by atoms with Crippen molar-refractivity contribution < 1.29 is 8.42 Å². The molecule has 0 aromatic heterocycles. The summed E-state index contributed by atoms with van der Waals surface area (Å²) in [5, 5.41) is 8.49. The summed E-state index contributed by atoms with van der Waals surface area (Å²) in [6.45, 7) is 3.68. The molecule has 0 amide bonds. The fourth-order valence-corrected chi connectivity index (χ4v) is 2.66. The normalized spacial score (nSPS) is 13.0. The molecule has 0 saturated heterocycles. The van der Waals surface area contributed by atoms with Gasteiger partial charge in [0, 0.05) is 6.04 Å². The van der Waals surface area contributed by atoms with Crippen LogP contribution in [0.5, 0.6) is 0 Å². The molecule has 0 fully saturated rings. The Morgan fingerprint density at radius 3 is 2.41 bits per heavy atom. The molecule has 1 aromatic rings. The molecule has 0 saturated carbocycles. The van der Waals surface area contributed by atoms with E-state index in [1.807, 2.05) is 13.0 Å². The van der Waals surface area contributed by atoms with Crippen molar-refractivity contribution in [2.75, 3.05) is 0 Å². The van der Waals surface area contributed by atoms with Gasteiger partial charge in [0.25, 0.3) is 0 Å². The van der Waals surface area contributed by atoms with Crippen LogP contribution < -0.4 is 4.72 Å². The Balaban J connectivity index is 2.86. The molecule has 0 heterocycles. The lowest BCUT2D eigenvalue weighted by Gasteiger charge is -2.11. The van der Waals surface area contributed by atoms with Gasteiger partial charge in [-0.25, -0.2) is 13.1 Å². The Morgan fingerprint density at radius 1 is 1.35 bits per heavy atom. The van der Waals surface area contributed by atoms with Gasteiger partial charge in [-0.05, 0) is 31.0 Å². The maximum atomic E-state index is 11.9. The first kappa shape index (κ1) is 13.7. The summed E-state index contributed by atoms with van der Waals surface area (Å²) in [5.41, 5.74) is 1.09. The first-order valence-electron chi connectivity index (χ1n) is 5.48. The first-order chi connectivity index (χ1) is 7.99. The average molecular weight is 252 g/mol. The Morgan fingerprint density at radius 2 is 1.94 bits per heavy atom. The predicted molar refractivity (Wildman–Crippen MR) is 65.8 cm³/mol. The number of aryl methyl sites for hydroxylation is 1. The summed E-state index contributed by atoms with van der Waals surface area (Å²) in [7, 11) is -3.51. The van der Waals surface area contributed by atoms with Gasteiger partial charge in [0.2, 0.25) is 10.0 Å². The maximum absolute atomic E-state index is 11.9. The fraction of sp³-hybridized carbons (Fsp3) is 0.417. The van der Waals surface area contributed by atoms with E-state index in [1.165, 1.54) is 0 Å². The number of hydrogen-bond acceptors (Lipinski definition) is 3. The highest BCUT2D eigenvalue weighted by Crippen LogP contribution is 2.11. The quantitative estimate of drug-likeness (QED) is 0.869. The Kier molecular flexibility index (Phi) is 4.67. The molecule has 0 bridgehead atoms. The fourth-order valence-electron chi connectivity index (χ4n) is 1.42. The molecule has 0 aliphatic rings. The zero-order chi connectivity index (χ0) is 12.9. The summed E-state index contributed by atoms with van der Waals surface area (Å²) < 4.78 is 26.3. The number of hydrogen-bond donors (Lipinski definition) is 1. The highest BCUT2D eigenvalue weighted by Gasteiger charge is 2.16. The highest BCUT2D eigenvalue weighted by molar-refractivity contribution is 7.89. The summed E-state index contributed by atoms with van der Waals surface area (Å²) in [5.74, 6) is 0. The van der Waals surface area contributed by atoms with Gasteiger partial charge in [-0.3, -0.25) is 0 Å². The smallest absolute Gasteiger partial charge is 0.207 e. The van der Waals surface area contributed by atoms with Crippen LogP contribution in [0.15, 0.2) is 29.2 Å².